The number of benzene rings is 2. The predicted molar refractivity (Wildman–Crippen MR) is 93.0 cm³/mol. The molecular weight excluding hydrogens is 318 g/mol. The van der Waals surface area contributed by atoms with Crippen LogP contribution >= 0.6 is 0 Å². The number of anilines is 1. The van der Waals surface area contributed by atoms with Crippen LogP contribution in [-0.2, 0) is 14.3 Å². The number of rotatable bonds is 4. The highest BCUT2D eigenvalue weighted by molar-refractivity contribution is 5.96. The summed E-state index contributed by atoms with van der Waals surface area (Å²) in [6, 6.07) is 17.5. The van der Waals surface area contributed by atoms with Gasteiger partial charge < -0.3 is 15.2 Å². The fourth-order valence-electron chi connectivity index (χ4n) is 3.96. The largest absolute Gasteiger partial charge is 0.481 e. The second-order valence-electron chi connectivity index (χ2n) is 6.62. The summed E-state index contributed by atoms with van der Waals surface area (Å²) in [5.41, 5.74) is 2.72. The fraction of sp³-hybridized carbons (Fsp3) is 0.300. The molecule has 4 atom stereocenters. The van der Waals surface area contributed by atoms with Gasteiger partial charge in [0.25, 0.3) is 0 Å². The van der Waals surface area contributed by atoms with Crippen molar-refractivity contribution in [2.75, 3.05) is 5.32 Å². The molecule has 0 aromatic heterocycles. The van der Waals surface area contributed by atoms with Gasteiger partial charge in [0.05, 0.1) is 24.0 Å². The van der Waals surface area contributed by atoms with E-state index in [2.05, 4.69) is 5.32 Å². The summed E-state index contributed by atoms with van der Waals surface area (Å²) in [4.78, 5) is 24.3. The zero-order valence-corrected chi connectivity index (χ0v) is 13.6. The van der Waals surface area contributed by atoms with E-state index in [-0.39, 0.29) is 18.1 Å². The van der Waals surface area contributed by atoms with Gasteiger partial charge in [0, 0.05) is 5.69 Å². The zero-order valence-electron chi connectivity index (χ0n) is 13.6. The Morgan fingerprint density at radius 1 is 0.920 bits per heavy atom. The number of aliphatic carboxylic acids is 1. The van der Waals surface area contributed by atoms with Crippen molar-refractivity contribution in [3.8, 4) is 11.1 Å². The Bertz CT molecular complexity index is 804. The van der Waals surface area contributed by atoms with Crippen LogP contribution in [0.3, 0.4) is 0 Å². The van der Waals surface area contributed by atoms with Crippen LogP contribution in [0.25, 0.3) is 11.1 Å². The molecule has 2 bridgehead atoms. The van der Waals surface area contributed by atoms with Crippen LogP contribution in [0, 0.1) is 11.8 Å². The molecule has 0 spiro atoms. The summed E-state index contributed by atoms with van der Waals surface area (Å²) in [5.74, 6) is -2.61. The van der Waals surface area contributed by atoms with Crippen molar-refractivity contribution in [2.45, 2.75) is 25.0 Å². The number of ether oxygens (including phenoxy) is 1. The molecule has 0 aliphatic carbocycles. The molecule has 2 aromatic carbocycles. The minimum absolute atomic E-state index is 0.273. The van der Waals surface area contributed by atoms with E-state index in [1.807, 2.05) is 54.6 Å². The van der Waals surface area contributed by atoms with Gasteiger partial charge in [-0.3, -0.25) is 9.59 Å². The predicted octanol–water partition coefficient (Wildman–Crippen LogP) is 3.17. The molecule has 2 heterocycles. The topological polar surface area (TPSA) is 75.6 Å². The molecule has 0 saturated carbocycles. The quantitative estimate of drug-likeness (QED) is 0.898. The minimum Gasteiger partial charge on any atom is -0.481 e. The molecule has 2 saturated heterocycles. The normalized spacial score (nSPS) is 27.2. The smallest absolute Gasteiger partial charge is 0.310 e. The van der Waals surface area contributed by atoms with Gasteiger partial charge >= 0.3 is 5.97 Å². The summed E-state index contributed by atoms with van der Waals surface area (Å²) in [6.07, 6.45) is 0.836. The highest BCUT2D eigenvalue weighted by atomic mass is 16.5. The lowest BCUT2D eigenvalue weighted by Gasteiger charge is -2.24. The van der Waals surface area contributed by atoms with Crippen molar-refractivity contribution in [1.82, 2.24) is 0 Å². The number of amides is 1. The number of fused-ring (bicyclic) bond motifs is 2. The molecular formula is C20H19NO4. The van der Waals surface area contributed by atoms with E-state index < -0.39 is 17.8 Å². The van der Waals surface area contributed by atoms with Gasteiger partial charge in [0.15, 0.2) is 0 Å². The third-order valence-electron chi connectivity index (χ3n) is 5.10. The molecule has 2 aliphatic rings. The van der Waals surface area contributed by atoms with Gasteiger partial charge in [-0.15, -0.1) is 0 Å². The Hall–Kier alpha value is -2.66. The van der Waals surface area contributed by atoms with Crippen molar-refractivity contribution in [1.29, 1.82) is 0 Å². The van der Waals surface area contributed by atoms with Gasteiger partial charge in [-0.2, -0.15) is 0 Å². The van der Waals surface area contributed by atoms with Gasteiger partial charge in [-0.25, -0.2) is 0 Å². The van der Waals surface area contributed by atoms with Crippen LogP contribution in [0.4, 0.5) is 5.69 Å². The molecule has 2 aliphatic heterocycles. The van der Waals surface area contributed by atoms with E-state index in [4.69, 9.17) is 4.74 Å². The first kappa shape index (κ1) is 15.8. The molecule has 4 rings (SSSR count). The van der Waals surface area contributed by atoms with Gasteiger partial charge in [0.2, 0.25) is 5.91 Å². The highest BCUT2D eigenvalue weighted by Crippen LogP contribution is 2.44. The first-order valence-corrected chi connectivity index (χ1v) is 8.48. The number of carbonyl (C=O) groups is 2. The maximum absolute atomic E-state index is 12.7. The van der Waals surface area contributed by atoms with E-state index in [0.717, 1.165) is 24.0 Å². The first-order chi connectivity index (χ1) is 12.1. The number of hydrogen-bond acceptors (Lipinski definition) is 3. The molecule has 5 heteroatoms. The Morgan fingerprint density at radius 3 is 2.32 bits per heavy atom. The summed E-state index contributed by atoms with van der Waals surface area (Å²) in [6.45, 7) is 0. The Kier molecular flexibility index (Phi) is 4.01. The first-order valence-electron chi connectivity index (χ1n) is 8.48. The maximum Gasteiger partial charge on any atom is 0.310 e. The summed E-state index contributed by atoms with van der Waals surface area (Å²) < 4.78 is 5.67. The van der Waals surface area contributed by atoms with E-state index in [1.54, 1.807) is 0 Å². The van der Waals surface area contributed by atoms with Gasteiger partial charge in [-0.05, 0) is 36.1 Å². The van der Waals surface area contributed by atoms with Crippen molar-refractivity contribution in [3.05, 3.63) is 54.6 Å². The molecule has 25 heavy (non-hydrogen) atoms. The zero-order chi connectivity index (χ0) is 17.4. The van der Waals surface area contributed by atoms with Crippen molar-refractivity contribution in [3.63, 3.8) is 0 Å². The number of carbonyl (C=O) groups excluding carboxylic acids is 1. The molecule has 1 amide bonds. The van der Waals surface area contributed by atoms with Crippen LogP contribution in [0.15, 0.2) is 54.6 Å². The van der Waals surface area contributed by atoms with E-state index in [0.29, 0.717) is 5.69 Å². The number of hydrogen-bond donors (Lipinski definition) is 2. The second kappa shape index (κ2) is 6.33. The van der Waals surface area contributed by atoms with E-state index in [1.165, 1.54) is 0 Å². The number of carboxylic acid groups (broad SMARTS) is 1. The number of carboxylic acids is 1. The Labute approximate surface area is 145 Å². The van der Waals surface area contributed by atoms with Crippen LogP contribution < -0.4 is 5.32 Å². The highest BCUT2D eigenvalue weighted by Gasteiger charge is 2.55. The lowest BCUT2D eigenvalue weighted by Crippen LogP contribution is -2.40. The standard InChI is InChI=1S/C20H19NO4/c22-19(17-15-9-10-16(25-15)18(17)20(23)24)21-14-8-4-7-13(11-14)12-5-2-1-3-6-12/h1-8,11,15-18H,9-10H2,(H,21,22)(H,23,24)/t15-,16+,17-,18+/m1/s1. The average Bonchev–Trinajstić information content (AvgIpc) is 3.24. The van der Waals surface area contributed by atoms with Crippen molar-refractivity contribution in [2.24, 2.45) is 11.8 Å². The Balaban J connectivity index is 1.54. The maximum atomic E-state index is 12.7. The Morgan fingerprint density at radius 2 is 1.60 bits per heavy atom. The molecule has 2 fully saturated rings. The van der Waals surface area contributed by atoms with Gasteiger partial charge in [0.1, 0.15) is 0 Å². The molecule has 0 unspecified atom stereocenters. The minimum atomic E-state index is -0.953. The van der Waals surface area contributed by atoms with Crippen molar-refractivity contribution >= 4 is 17.6 Å². The third kappa shape index (κ3) is 2.91. The molecule has 2 aromatic rings. The SMILES string of the molecule is O=C(O)[C@@H]1[C@H](C(=O)Nc2cccc(-c3ccccc3)c2)[C@H]2CC[C@@H]1O2. The van der Waals surface area contributed by atoms with Gasteiger partial charge in [-0.1, -0.05) is 42.5 Å². The number of nitrogens with one attached hydrogen (secondary N) is 1. The molecule has 128 valence electrons. The lowest BCUT2D eigenvalue weighted by molar-refractivity contribution is -0.147. The van der Waals surface area contributed by atoms with Crippen LogP contribution in [0.1, 0.15) is 12.8 Å². The summed E-state index contributed by atoms with van der Waals surface area (Å²) >= 11 is 0. The van der Waals surface area contributed by atoms with E-state index >= 15 is 0 Å². The van der Waals surface area contributed by atoms with Crippen LogP contribution in [-0.4, -0.2) is 29.2 Å². The van der Waals surface area contributed by atoms with E-state index in [9.17, 15) is 14.7 Å². The summed E-state index contributed by atoms with van der Waals surface area (Å²) in [5, 5.41) is 12.3. The van der Waals surface area contributed by atoms with Crippen LogP contribution in [0.2, 0.25) is 0 Å². The third-order valence-corrected chi connectivity index (χ3v) is 5.10. The second-order valence-corrected chi connectivity index (χ2v) is 6.62. The monoisotopic (exact) mass is 337 g/mol. The molecule has 2 N–H and O–H groups in total. The lowest BCUT2D eigenvalue weighted by atomic mass is 9.78. The summed E-state index contributed by atoms with van der Waals surface area (Å²) in [7, 11) is 0. The van der Waals surface area contributed by atoms with Crippen LogP contribution in [0.5, 0.6) is 0 Å². The average molecular weight is 337 g/mol. The van der Waals surface area contributed by atoms with Crippen molar-refractivity contribution < 1.29 is 19.4 Å². The fourth-order valence-corrected chi connectivity index (χ4v) is 3.96. The molecule has 0 radical (unpaired) electrons. The molecule has 5 nitrogen and oxygen atoms in total.